The molecule has 0 bridgehead atoms. The fourth-order valence-corrected chi connectivity index (χ4v) is 1.67. The molecule has 0 fully saturated rings. The molecule has 0 aliphatic rings. The van der Waals surface area contributed by atoms with Crippen LogP contribution in [0.25, 0.3) is 0 Å². The fraction of sp³-hybridized carbons (Fsp3) is 0.769. The third kappa shape index (κ3) is 7.06. The minimum atomic E-state index is 0. The lowest BCUT2D eigenvalue weighted by atomic mass is 10.1. The van der Waals surface area contributed by atoms with E-state index in [0.717, 1.165) is 31.3 Å². The zero-order valence-corrected chi connectivity index (χ0v) is 15.4. The van der Waals surface area contributed by atoms with Crippen molar-refractivity contribution in [3.63, 3.8) is 0 Å². The summed E-state index contributed by atoms with van der Waals surface area (Å²) in [6.07, 6.45) is 2.66. The predicted molar refractivity (Wildman–Crippen MR) is 93.7 cm³/mol. The van der Waals surface area contributed by atoms with Gasteiger partial charge in [-0.15, -0.1) is 34.2 Å². The first-order valence-electron chi connectivity index (χ1n) is 6.89. The molecule has 116 valence electrons. The monoisotopic (exact) mass is 394 g/mol. The molecule has 0 atom stereocenters. The summed E-state index contributed by atoms with van der Waals surface area (Å²) >= 11 is 0. The van der Waals surface area contributed by atoms with Crippen LogP contribution in [0.5, 0.6) is 0 Å². The molecule has 0 aliphatic carbocycles. The van der Waals surface area contributed by atoms with Crippen molar-refractivity contribution in [1.29, 1.82) is 0 Å². The van der Waals surface area contributed by atoms with Gasteiger partial charge in [0.25, 0.3) is 0 Å². The van der Waals surface area contributed by atoms with Crippen molar-refractivity contribution in [2.24, 2.45) is 4.99 Å². The molecule has 1 aromatic rings. The maximum absolute atomic E-state index is 4.57. The number of nitrogens with zero attached hydrogens (tertiary/aromatic N) is 4. The summed E-state index contributed by atoms with van der Waals surface area (Å²) in [7, 11) is 0. The van der Waals surface area contributed by atoms with Gasteiger partial charge in [-0.25, -0.2) is 0 Å². The van der Waals surface area contributed by atoms with Gasteiger partial charge in [-0.1, -0.05) is 6.92 Å². The predicted octanol–water partition coefficient (Wildman–Crippen LogP) is 1.81. The SMILES string of the molecule is CCNC(=NCCn1cnnc1CC)NC(C)(C)C.I. The Bertz CT molecular complexity index is 407. The van der Waals surface area contributed by atoms with Crippen molar-refractivity contribution in [2.45, 2.75) is 53.1 Å². The lowest BCUT2D eigenvalue weighted by molar-refractivity contribution is 0.500. The van der Waals surface area contributed by atoms with Gasteiger partial charge in [0.15, 0.2) is 5.96 Å². The molecular formula is C13H27IN6. The summed E-state index contributed by atoms with van der Waals surface area (Å²) in [5.74, 6) is 1.85. The number of nitrogens with one attached hydrogen (secondary N) is 2. The van der Waals surface area contributed by atoms with Crippen molar-refractivity contribution >= 4 is 29.9 Å². The van der Waals surface area contributed by atoms with Crippen molar-refractivity contribution in [1.82, 2.24) is 25.4 Å². The zero-order chi connectivity index (χ0) is 14.3. The van der Waals surface area contributed by atoms with Crippen molar-refractivity contribution in [3.05, 3.63) is 12.2 Å². The second-order valence-corrected chi connectivity index (χ2v) is 5.43. The highest BCUT2D eigenvalue weighted by Gasteiger charge is 2.11. The summed E-state index contributed by atoms with van der Waals surface area (Å²) < 4.78 is 2.05. The quantitative estimate of drug-likeness (QED) is 0.454. The molecule has 0 aromatic carbocycles. The molecule has 2 N–H and O–H groups in total. The fourth-order valence-electron chi connectivity index (χ4n) is 1.67. The van der Waals surface area contributed by atoms with Crippen molar-refractivity contribution in [3.8, 4) is 0 Å². The van der Waals surface area contributed by atoms with E-state index in [9.17, 15) is 0 Å². The van der Waals surface area contributed by atoms with Gasteiger partial charge < -0.3 is 15.2 Å². The Kier molecular flexibility index (Phi) is 8.75. The molecule has 0 aliphatic heterocycles. The largest absolute Gasteiger partial charge is 0.357 e. The molecular weight excluding hydrogens is 367 g/mol. The van der Waals surface area contributed by atoms with Crippen LogP contribution >= 0.6 is 24.0 Å². The lowest BCUT2D eigenvalue weighted by Crippen LogP contribution is -2.47. The van der Waals surface area contributed by atoms with Gasteiger partial charge in [0, 0.05) is 25.0 Å². The highest BCUT2D eigenvalue weighted by atomic mass is 127. The van der Waals surface area contributed by atoms with Crippen LogP contribution in [0.15, 0.2) is 11.3 Å². The standard InChI is InChI=1S/C13H26N6.HI/c1-6-11-18-16-10-19(11)9-8-15-12(14-7-2)17-13(3,4)5;/h10H,6-9H2,1-5H3,(H2,14,15,17);1H. The summed E-state index contributed by atoms with van der Waals surface area (Å²) in [5, 5.41) is 14.6. The van der Waals surface area contributed by atoms with E-state index < -0.39 is 0 Å². The Balaban J connectivity index is 0.00000361. The van der Waals surface area contributed by atoms with E-state index in [-0.39, 0.29) is 29.5 Å². The highest BCUT2D eigenvalue weighted by Crippen LogP contribution is 1.99. The third-order valence-electron chi connectivity index (χ3n) is 2.46. The molecule has 0 amide bonds. The average molecular weight is 394 g/mol. The number of rotatable bonds is 5. The number of aliphatic imine (C=N–C) groups is 1. The molecule has 1 heterocycles. The van der Waals surface area contributed by atoms with E-state index in [0.29, 0.717) is 6.54 Å². The van der Waals surface area contributed by atoms with Crippen molar-refractivity contribution in [2.75, 3.05) is 13.1 Å². The maximum Gasteiger partial charge on any atom is 0.191 e. The van der Waals surface area contributed by atoms with E-state index in [1.807, 2.05) is 4.57 Å². The Morgan fingerprint density at radius 3 is 2.60 bits per heavy atom. The second-order valence-electron chi connectivity index (χ2n) is 5.43. The Morgan fingerprint density at radius 2 is 2.05 bits per heavy atom. The molecule has 0 unspecified atom stereocenters. The average Bonchev–Trinajstić information content (AvgIpc) is 2.74. The number of halogens is 1. The van der Waals surface area contributed by atoms with Gasteiger partial charge in [0.05, 0.1) is 6.54 Å². The summed E-state index contributed by atoms with van der Waals surface area (Å²) in [6, 6.07) is 0. The van der Waals surface area contributed by atoms with E-state index in [4.69, 9.17) is 0 Å². The first-order chi connectivity index (χ1) is 8.96. The number of aromatic nitrogens is 3. The van der Waals surface area contributed by atoms with E-state index in [2.05, 4.69) is 60.4 Å². The van der Waals surface area contributed by atoms with Crippen LogP contribution in [0.3, 0.4) is 0 Å². The van der Waals surface area contributed by atoms with E-state index in [1.54, 1.807) is 6.33 Å². The molecule has 0 spiro atoms. The highest BCUT2D eigenvalue weighted by molar-refractivity contribution is 14.0. The second kappa shape index (κ2) is 9.15. The van der Waals surface area contributed by atoms with Crippen LogP contribution in [0.2, 0.25) is 0 Å². The minimum absolute atomic E-state index is 0. The molecule has 7 heteroatoms. The van der Waals surface area contributed by atoms with Crippen LogP contribution in [0, 0.1) is 0 Å². The zero-order valence-electron chi connectivity index (χ0n) is 13.1. The van der Waals surface area contributed by atoms with Crippen LogP contribution in [-0.4, -0.2) is 39.4 Å². The first kappa shape index (κ1) is 19.1. The van der Waals surface area contributed by atoms with Crippen molar-refractivity contribution < 1.29 is 0 Å². The topological polar surface area (TPSA) is 67.1 Å². The Hall–Kier alpha value is -0.860. The number of hydrogen-bond acceptors (Lipinski definition) is 3. The van der Waals surface area contributed by atoms with E-state index >= 15 is 0 Å². The van der Waals surface area contributed by atoms with Crippen LogP contribution in [0.1, 0.15) is 40.4 Å². The maximum atomic E-state index is 4.57. The molecule has 6 nitrogen and oxygen atoms in total. The number of aryl methyl sites for hydroxylation is 1. The van der Waals surface area contributed by atoms with E-state index in [1.165, 1.54) is 0 Å². The Labute approximate surface area is 138 Å². The van der Waals surface area contributed by atoms with Crippen LogP contribution in [0.4, 0.5) is 0 Å². The van der Waals surface area contributed by atoms with Gasteiger partial charge in [-0.3, -0.25) is 4.99 Å². The van der Waals surface area contributed by atoms with Crippen LogP contribution in [-0.2, 0) is 13.0 Å². The summed E-state index contributed by atoms with van der Waals surface area (Å²) in [4.78, 5) is 4.57. The van der Waals surface area contributed by atoms with Gasteiger partial charge in [0.1, 0.15) is 12.2 Å². The van der Waals surface area contributed by atoms with Gasteiger partial charge in [-0.2, -0.15) is 0 Å². The number of guanidine groups is 1. The summed E-state index contributed by atoms with van der Waals surface area (Å²) in [5.41, 5.74) is 0.00609. The third-order valence-corrected chi connectivity index (χ3v) is 2.46. The van der Waals surface area contributed by atoms with Gasteiger partial charge >= 0.3 is 0 Å². The number of hydrogen-bond donors (Lipinski definition) is 2. The Morgan fingerprint density at radius 1 is 1.35 bits per heavy atom. The molecule has 0 saturated carbocycles. The van der Waals surface area contributed by atoms with Crippen LogP contribution < -0.4 is 10.6 Å². The summed E-state index contributed by atoms with van der Waals surface area (Å²) in [6.45, 7) is 12.9. The molecule has 0 radical (unpaired) electrons. The normalized spacial score (nSPS) is 11.9. The van der Waals surface area contributed by atoms with Gasteiger partial charge in [-0.05, 0) is 27.7 Å². The van der Waals surface area contributed by atoms with Gasteiger partial charge in [0.2, 0.25) is 0 Å². The molecule has 20 heavy (non-hydrogen) atoms. The minimum Gasteiger partial charge on any atom is -0.357 e. The lowest BCUT2D eigenvalue weighted by Gasteiger charge is -2.23. The first-order valence-corrected chi connectivity index (χ1v) is 6.89. The molecule has 1 aromatic heterocycles. The smallest absolute Gasteiger partial charge is 0.191 e. The molecule has 0 saturated heterocycles. The molecule has 1 rings (SSSR count).